The number of ether oxygens (including phenoxy) is 2. The van der Waals surface area contributed by atoms with Crippen LogP contribution in [0.1, 0.15) is 33.6 Å². The van der Waals surface area contributed by atoms with E-state index in [1.165, 1.54) is 32.4 Å². The Bertz CT molecular complexity index is 1210. The largest absolute Gasteiger partial charge is 0.493 e. The van der Waals surface area contributed by atoms with E-state index in [1.807, 2.05) is 0 Å². The van der Waals surface area contributed by atoms with E-state index in [4.69, 9.17) is 13.9 Å². The van der Waals surface area contributed by atoms with Gasteiger partial charge in [0.25, 0.3) is 11.8 Å². The number of fused-ring (bicyclic) bond motifs is 1. The number of para-hydroxylation sites is 1. The van der Waals surface area contributed by atoms with Crippen molar-refractivity contribution in [1.82, 2.24) is 4.90 Å². The smallest absolute Gasteiger partial charge is 0.349 e. The van der Waals surface area contributed by atoms with E-state index in [2.05, 4.69) is 5.32 Å². The second-order valence-electron chi connectivity index (χ2n) is 7.19. The third-order valence-corrected chi connectivity index (χ3v) is 5.28. The number of nitrogens with zero attached hydrogens (tertiary/aromatic N) is 1. The lowest BCUT2D eigenvalue weighted by Gasteiger charge is -2.20. The minimum Gasteiger partial charge on any atom is -0.493 e. The van der Waals surface area contributed by atoms with Gasteiger partial charge in [0.15, 0.2) is 11.5 Å². The molecule has 1 fully saturated rings. The van der Waals surface area contributed by atoms with Gasteiger partial charge in [0, 0.05) is 24.5 Å². The Morgan fingerprint density at radius 1 is 0.968 bits per heavy atom. The van der Waals surface area contributed by atoms with Crippen molar-refractivity contribution < 1.29 is 23.5 Å². The monoisotopic (exact) mass is 422 g/mol. The number of benzene rings is 2. The van der Waals surface area contributed by atoms with Gasteiger partial charge in [-0.25, -0.2) is 4.79 Å². The van der Waals surface area contributed by atoms with Gasteiger partial charge in [0.2, 0.25) is 0 Å². The van der Waals surface area contributed by atoms with E-state index in [9.17, 15) is 14.4 Å². The summed E-state index contributed by atoms with van der Waals surface area (Å²) in [6.07, 6.45) is 1.86. The molecular formula is C23H22N2O6. The SMILES string of the molecule is COc1cc(NC(=O)c2cc3ccccc3oc2=O)c(C(=O)N2CCCC2)cc1OC. The minimum atomic E-state index is -0.760. The molecule has 8 heteroatoms. The molecular weight excluding hydrogens is 400 g/mol. The average Bonchev–Trinajstić information content (AvgIpc) is 3.32. The number of hydrogen-bond donors (Lipinski definition) is 1. The summed E-state index contributed by atoms with van der Waals surface area (Å²) in [7, 11) is 2.93. The highest BCUT2D eigenvalue weighted by Crippen LogP contribution is 2.34. The van der Waals surface area contributed by atoms with Crippen LogP contribution >= 0.6 is 0 Å². The fourth-order valence-corrected chi connectivity index (χ4v) is 3.66. The Morgan fingerprint density at radius 2 is 1.65 bits per heavy atom. The lowest BCUT2D eigenvalue weighted by atomic mass is 10.1. The summed E-state index contributed by atoms with van der Waals surface area (Å²) in [5.41, 5.74) is -0.0394. The number of carbonyl (C=O) groups is 2. The predicted molar refractivity (Wildman–Crippen MR) is 115 cm³/mol. The molecule has 1 aliphatic heterocycles. The Labute approximate surface area is 178 Å². The number of methoxy groups -OCH3 is 2. The van der Waals surface area contributed by atoms with Gasteiger partial charge in [0.1, 0.15) is 11.1 Å². The summed E-state index contributed by atoms with van der Waals surface area (Å²) in [6.45, 7) is 1.30. The summed E-state index contributed by atoms with van der Waals surface area (Å²) < 4.78 is 15.9. The lowest BCUT2D eigenvalue weighted by Crippen LogP contribution is -2.29. The molecule has 0 atom stereocenters. The maximum Gasteiger partial charge on any atom is 0.349 e. The van der Waals surface area contributed by atoms with Crippen LogP contribution in [-0.2, 0) is 0 Å². The molecule has 1 N–H and O–H groups in total. The number of rotatable bonds is 5. The zero-order valence-corrected chi connectivity index (χ0v) is 17.3. The Morgan fingerprint density at radius 3 is 2.35 bits per heavy atom. The molecule has 8 nitrogen and oxygen atoms in total. The maximum absolute atomic E-state index is 13.1. The molecule has 3 aromatic rings. The van der Waals surface area contributed by atoms with E-state index in [0.717, 1.165) is 12.8 Å². The second-order valence-corrected chi connectivity index (χ2v) is 7.19. The van der Waals surface area contributed by atoms with Gasteiger partial charge in [0.05, 0.1) is 25.5 Å². The molecule has 0 spiro atoms. The lowest BCUT2D eigenvalue weighted by molar-refractivity contribution is 0.0793. The maximum atomic E-state index is 13.1. The molecule has 0 radical (unpaired) electrons. The normalized spacial score (nSPS) is 13.3. The molecule has 1 aliphatic rings. The number of hydrogen-bond acceptors (Lipinski definition) is 6. The predicted octanol–water partition coefficient (Wildman–Crippen LogP) is 3.30. The van der Waals surface area contributed by atoms with Gasteiger partial charge in [-0.15, -0.1) is 0 Å². The standard InChI is InChI=1S/C23H22N2O6/c1-29-19-12-15(22(27)25-9-5-6-10-25)17(13-20(19)30-2)24-21(26)16-11-14-7-3-4-8-18(14)31-23(16)28/h3-4,7-8,11-13H,5-6,9-10H2,1-2H3,(H,24,26). The second kappa shape index (κ2) is 8.51. The van der Waals surface area contributed by atoms with E-state index >= 15 is 0 Å². The van der Waals surface area contributed by atoms with Gasteiger partial charge < -0.3 is 24.1 Å². The van der Waals surface area contributed by atoms with Gasteiger partial charge in [-0.2, -0.15) is 0 Å². The van der Waals surface area contributed by atoms with Crippen molar-refractivity contribution in [2.75, 3.05) is 32.6 Å². The third-order valence-electron chi connectivity index (χ3n) is 5.28. The molecule has 1 aromatic heterocycles. The summed E-state index contributed by atoms with van der Waals surface area (Å²) in [4.78, 5) is 40.1. The molecule has 1 saturated heterocycles. The molecule has 2 amide bonds. The molecule has 160 valence electrons. The van der Waals surface area contributed by atoms with E-state index in [0.29, 0.717) is 35.6 Å². The van der Waals surface area contributed by atoms with E-state index in [1.54, 1.807) is 29.2 Å². The van der Waals surface area contributed by atoms with Gasteiger partial charge >= 0.3 is 5.63 Å². The minimum absolute atomic E-state index is 0.159. The van der Waals surface area contributed by atoms with Crippen molar-refractivity contribution in [2.45, 2.75) is 12.8 Å². The molecule has 31 heavy (non-hydrogen) atoms. The molecule has 0 saturated carbocycles. The van der Waals surface area contributed by atoms with Crippen molar-refractivity contribution in [2.24, 2.45) is 0 Å². The van der Waals surface area contributed by atoms with Crippen molar-refractivity contribution in [3.63, 3.8) is 0 Å². The van der Waals surface area contributed by atoms with E-state index < -0.39 is 11.5 Å². The summed E-state index contributed by atoms with van der Waals surface area (Å²) in [5, 5.41) is 3.30. The molecule has 4 rings (SSSR count). The highest BCUT2D eigenvalue weighted by atomic mass is 16.5. The molecule has 0 bridgehead atoms. The Hall–Kier alpha value is -3.81. The first-order chi connectivity index (χ1) is 15.0. The summed E-state index contributed by atoms with van der Waals surface area (Å²) in [6, 6.07) is 11.4. The van der Waals surface area contributed by atoms with Crippen molar-refractivity contribution in [3.05, 3.63) is 64.0 Å². The zero-order valence-electron chi connectivity index (χ0n) is 17.3. The van der Waals surface area contributed by atoms with E-state index in [-0.39, 0.29) is 22.7 Å². The van der Waals surface area contributed by atoms with Crippen molar-refractivity contribution in [3.8, 4) is 11.5 Å². The Balaban J connectivity index is 1.74. The molecule has 0 aliphatic carbocycles. The van der Waals surface area contributed by atoms with Gasteiger partial charge in [-0.05, 0) is 31.0 Å². The fourth-order valence-electron chi connectivity index (χ4n) is 3.66. The third kappa shape index (κ3) is 3.96. The first-order valence-corrected chi connectivity index (χ1v) is 9.91. The molecule has 2 aromatic carbocycles. The number of anilines is 1. The topological polar surface area (TPSA) is 98.1 Å². The zero-order chi connectivity index (χ0) is 22.0. The molecule has 2 heterocycles. The Kier molecular flexibility index (Phi) is 5.62. The highest BCUT2D eigenvalue weighted by molar-refractivity contribution is 6.10. The quantitative estimate of drug-likeness (QED) is 0.634. The van der Waals surface area contributed by atoms with Crippen LogP contribution in [0.4, 0.5) is 5.69 Å². The number of amides is 2. The van der Waals surface area contributed by atoms with Crippen LogP contribution in [0, 0.1) is 0 Å². The van der Waals surface area contributed by atoms with Crippen molar-refractivity contribution >= 4 is 28.5 Å². The van der Waals surface area contributed by atoms with Crippen LogP contribution in [0.2, 0.25) is 0 Å². The number of carbonyl (C=O) groups excluding carboxylic acids is 2. The summed E-state index contributed by atoms with van der Waals surface area (Å²) >= 11 is 0. The summed E-state index contributed by atoms with van der Waals surface area (Å²) in [5.74, 6) is -0.184. The first-order valence-electron chi connectivity index (χ1n) is 9.91. The van der Waals surface area contributed by atoms with Crippen molar-refractivity contribution in [1.29, 1.82) is 0 Å². The molecule has 0 unspecified atom stereocenters. The number of nitrogens with one attached hydrogen (secondary N) is 1. The van der Waals surface area contributed by atoms with Crippen LogP contribution in [0.3, 0.4) is 0 Å². The van der Waals surface area contributed by atoms with Crippen LogP contribution in [0.5, 0.6) is 11.5 Å². The fraction of sp³-hybridized carbons (Fsp3) is 0.261. The first kappa shape index (κ1) is 20.5. The average molecular weight is 422 g/mol. The van der Waals surface area contributed by atoms with Crippen LogP contribution in [-0.4, -0.2) is 44.0 Å². The van der Waals surface area contributed by atoms with Crippen LogP contribution in [0.15, 0.2) is 51.7 Å². The number of likely N-dealkylation sites (tertiary alicyclic amines) is 1. The van der Waals surface area contributed by atoms with Gasteiger partial charge in [-0.1, -0.05) is 18.2 Å². The van der Waals surface area contributed by atoms with Gasteiger partial charge in [-0.3, -0.25) is 9.59 Å². The van der Waals surface area contributed by atoms with Crippen LogP contribution < -0.4 is 20.4 Å². The van der Waals surface area contributed by atoms with Crippen LogP contribution in [0.25, 0.3) is 11.0 Å². The highest BCUT2D eigenvalue weighted by Gasteiger charge is 2.26.